The summed E-state index contributed by atoms with van der Waals surface area (Å²) in [6, 6.07) is 7.86. The van der Waals surface area contributed by atoms with Gasteiger partial charge in [-0.25, -0.2) is 15.0 Å². The zero-order valence-electron chi connectivity index (χ0n) is 12.3. The summed E-state index contributed by atoms with van der Waals surface area (Å²) < 4.78 is 25.2. The van der Waals surface area contributed by atoms with Crippen molar-refractivity contribution in [2.24, 2.45) is 0 Å². The van der Waals surface area contributed by atoms with Crippen molar-refractivity contribution in [2.45, 2.75) is 31.1 Å². The van der Waals surface area contributed by atoms with Crippen LogP contribution in [0.25, 0.3) is 4.85 Å². The molecule has 1 aromatic rings. The molecule has 2 rings (SSSR count). The number of hydrogen-bond donors (Lipinski definition) is 0. The highest BCUT2D eigenvalue weighted by atomic mass is 32.2. The SMILES string of the molecule is [C-]#[N+]C1(C)C=CC=CC1S(=O)(=O)CCc1cccc(C)c1. The second kappa shape index (κ2) is 5.87. The standard InChI is InChI=1S/C17H19NO2S/c1-14-7-6-8-15(13-14)10-12-21(19,20)16-9-4-5-11-17(16,2)18-3/h4-9,11,13,16H,10,12H2,1-2H3. The molecule has 0 N–H and O–H groups in total. The van der Waals surface area contributed by atoms with Crippen LogP contribution in [0.5, 0.6) is 0 Å². The summed E-state index contributed by atoms with van der Waals surface area (Å²) in [4.78, 5) is 3.53. The molecule has 1 aromatic carbocycles. The summed E-state index contributed by atoms with van der Waals surface area (Å²) in [5, 5.41) is -0.766. The van der Waals surface area contributed by atoms with Gasteiger partial charge < -0.3 is 4.85 Å². The van der Waals surface area contributed by atoms with Gasteiger partial charge in [0, 0.05) is 13.0 Å². The van der Waals surface area contributed by atoms with Crippen molar-refractivity contribution < 1.29 is 8.42 Å². The molecule has 21 heavy (non-hydrogen) atoms. The van der Waals surface area contributed by atoms with E-state index >= 15 is 0 Å². The first-order chi connectivity index (χ1) is 9.87. The lowest BCUT2D eigenvalue weighted by molar-refractivity contribution is 0.566. The minimum Gasteiger partial charge on any atom is -0.304 e. The lowest BCUT2D eigenvalue weighted by Crippen LogP contribution is -2.41. The molecular formula is C17H19NO2S. The number of rotatable bonds is 4. The van der Waals surface area contributed by atoms with Crippen LogP contribution in [0.1, 0.15) is 18.1 Å². The lowest BCUT2D eigenvalue weighted by Gasteiger charge is -2.24. The number of aryl methyl sites for hydroxylation is 2. The molecule has 0 heterocycles. The summed E-state index contributed by atoms with van der Waals surface area (Å²) in [6.07, 6.45) is 7.23. The molecule has 0 fully saturated rings. The molecule has 0 aromatic heterocycles. The Hall–Kier alpha value is -1.86. The first kappa shape index (κ1) is 15.5. The van der Waals surface area contributed by atoms with E-state index in [1.165, 1.54) is 0 Å². The lowest BCUT2D eigenvalue weighted by atomic mass is 9.94. The number of sulfone groups is 1. The van der Waals surface area contributed by atoms with Crippen molar-refractivity contribution in [2.75, 3.05) is 5.75 Å². The fraction of sp³-hybridized carbons (Fsp3) is 0.353. The molecule has 0 amide bonds. The third-order valence-electron chi connectivity index (χ3n) is 3.79. The topological polar surface area (TPSA) is 38.5 Å². The van der Waals surface area contributed by atoms with E-state index in [0.717, 1.165) is 11.1 Å². The molecule has 2 unspecified atom stereocenters. The highest BCUT2D eigenvalue weighted by Crippen LogP contribution is 2.29. The van der Waals surface area contributed by atoms with Crippen LogP contribution in [-0.2, 0) is 16.3 Å². The van der Waals surface area contributed by atoms with Gasteiger partial charge in [0.05, 0.1) is 5.75 Å². The monoisotopic (exact) mass is 301 g/mol. The zero-order valence-corrected chi connectivity index (χ0v) is 13.1. The van der Waals surface area contributed by atoms with Crippen LogP contribution in [0.4, 0.5) is 0 Å². The largest absolute Gasteiger partial charge is 0.304 e. The Morgan fingerprint density at radius 1 is 1.33 bits per heavy atom. The van der Waals surface area contributed by atoms with Crippen molar-refractivity contribution >= 4 is 9.84 Å². The molecule has 1 aliphatic rings. The van der Waals surface area contributed by atoms with Crippen LogP contribution in [0.15, 0.2) is 48.6 Å². The predicted octanol–water partition coefficient (Wildman–Crippen LogP) is 3.12. The summed E-state index contributed by atoms with van der Waals surface area (Å²) in [7, 11) is -3.37. The Kier molecular flexibility index (Phi) is 4.34. The fourth-order valence-corrected chi connectivity index (χ4v) is 4.51. The van der Waals surface area contributed by atoms with E-state index in [-0.39, 0.29) is 5.75 Å². The van der Waals surface area contributed by atoms with Crippen LogP contribution in [0, 0.1) is 13.5 Å². The van der Waals surface area contributed by atoms with Gasteiger partial charge in [0.25, 0.3) is 5.54 Å². The van der Waals surface area contributed by atoms with Crippen molar-refractivity contribution in [3.63, 3.8) is 0 Å². The third-order valence-corrected chi connectivity index (χ3v) is 5.97. The average molecular weight is 301 g/mol. The summed E-state index contributed by atoms with van der Waals surface area (Å²) in [5.74, 6) is 0.0599. The smallest absolute Gasteiger partial charge is 0.268 e. The van der Waals surface area contributed by atoms with Gasteiger partial charge >= 0.3 is 0 Å². The van der Waals surface area contributed by atoms with Crippen molar-refractivity contribution in [1.82, 2.24) is 0 Å². The van der Waals surface area contributed by atoms with Gasteiger partial charge in [0.2, 0.25) is 0 Å². The van der Waals surface area contributed by atoms with E-state index in [4.69, 9.17) is 6.57 Å². The third kappa shape index (κ3) is 3.43. The second-order valence-electron chi connectivity index (χ2n) is 5.61. The maximum atomic E-state index is 12.6. The van der Waals surface area contributed by atoms with Gasteiger partial charge in [-0.05, 0) is 18.9 Å². The van der Waals surface area contributed by atoms with Crippen molar-refractivity contribution in [3.05, 3.63) is 71.1 Å². The van der Waals surface area contributed by atoms with Gasteiger partial charge in [-0.3, -0.25) is 0 Å². The maximum absolute atomic E-state index is 12.6. The highest BCUT2D eigenvalue weighted by Gasteiger charge is 2.45. The Bertz CT molecular complexity index is 725. The molecule has 0 saturated heterocycles. The molecule has 2 atom stereocenters. The second-order valence-corrected chi connectivity index (χ2v) is 7.85. The van der Waals surface area contributed by atoms with Gasteiger partial charge in [0.1, 0.15) is 0 Å². The Balaban J connectivity index is 2.17. The van der Waals surface area contributed by atoms with Gasteiger partial charge in [-0.1, -0.05) is 48.1 Å². The molecular weight excluding hydrogens is 282 g/mol. The molecule has 0 bridgehead atoms. The van der Waals surface area contributed by atoms with Gasteiger partial charge in [-0.15, -0.1) is 0 Å². The minimum atomic E-state index is -3.37. The van der Waals surface area contributed by atoms with Crippen molar-refractivity contribution in [3.8, 4) is 0 Å². The first-order valence-corrected chi connectivity index (χ1v) is 8.61. The zero-order chi connectivity index (χ0) is 15.5. The van der Waals surface area contributed by atoms with E-state index in [9.17, 15) is 8.42 Å². The molecule has 0 radical (unpaired) electrons. The molecule has 4 heteroatoms. The van der Waals surface area contributed by atoms with Crippen LogP contribution in [-0.4, -0.2) is 25.0 Å². The molecule has 0 saturated carbocycles. The predicted molar refractivity (Wildman–Crippen MR) is 85.7 cm³/mol. The fourth-order valence-electron chi connectivity index (χ4n) is 2.54. The quantitative estimate of drug-likeness (QED) is 0.801. The number of nitrogens with zero attached hydrogens (tertiary/aromatic N) is 1. The van der Waals surface area contributed by atoms with E-state index in [0.29, 0.717) is 6.42 Å². The summed E-state index contributed by atoms with van der Waals surface area (Å²) in [6.45, 7) is 11.0. The number of allylic oxidation sites excluding steroid dienone is 2. The molecule has 3 nitrogen and oxygen atoms in total. The van der Waals surface area contributed by atoms with E-state index in [2.05, 4.69) is 4.85 Å². The Morgan fingerprint density at radius 3 is 2.76 bits per heavy atom. The van der Waals surface area contributed by atoms with E-state index in [1.54, 1.807) is 31.2 Å². The van der Waals surface area contributed by atoms with E-state index in [1.807, 2.05) is 31.2 Å². The molecule has 110 valence electrons. The summed E-state index contributed by atoms with van der Waals surface area (Å²) >= 11 is 0. The van der Waals surface area contributed by atoms with Crippen LogP contribution < -0.4 is 0 Å². The Morgan fingerprint density at radius 2 is 2.10 bits per heavy atom. The van der Waals surface area contributed by atoms with E-state index < -0.39 is 20.6 Å². The summed E-state index contributed by atoms with van der Waals surface area (Å²) in [5.41, 5.74) is 1.13. The average Bonchev–Trinajstić information content (AvgIpc) is 2.46. The van der Waals surface area contributed by atoms with Gasteiger partial charge in [-0.2, -0.15) is 0 Å². The molecule has 0 aliphatic heterocycles. The number of benzene rings is 1. The number of hydrogen-bond acceptors (Lipinski definition) is 2. The molecule has 1 aliphatic carbocycles. The first-order valence-electron chi connectivity index (χ1n) is 6.89. The maximum Gasteiger partial charge on any atom is 0.268 e. The van der Waals surface area contributed by atoms with Crippen LogP contribution in [0.3, 0.4) is 0 Å². The van der Waals surface area contributed by atoms with Crippen LogP contribution >= 0.6 is 0 Å². The normalized spacial score (nSPS) is 24.7. The highest BCUT2D eigenvalue weighted by molar-refractivity contribution is 7.92. The minimum absolute atomic E-state index is 0.0599. The van der Waals surface area contributed by atoms with Gasteiger partial charge in [0.15, 0.2) is 15.1 Å². The van der Waals surface area contributed by atoms with Crippen molar-refractivity contribution in [1.29, 1.82) is 0 Å². The molecule has 0 spiro atoms. The van der Waals surface area contributed by atoms with Crippen LogP contribution in [0.2, 0.25) is 0 Å². The Labute approximate surface area is 126 Å².